The van der Waals surface area contributed by atoms with Crippen LogP contribution in [0.25, 0.3) is 0 Å². The topological polar surface area (TPSA) is 52.9 Å². The summed E-state index contributed by atoms with van der Waals surface area (Å²) < 4.78 is 0. The van der Waals surface area contributed by atoms with E-state index in [0.29, 0.717) is 10.7 Å². The summed E-state index contributed by atoms with van der Waals surface area (Å²) in [6, 6.07) is 4.48. The molecule has 1 rings (SSSR count). The molecule has 0 aliphatic heterocycles. The molecule has 0 saturated carbocycles. The number of hydrogen-bond acceptors (Lipinski definition) is 2. The summed E-state index contributed by atoms with van der Waals surface area (Å²) in [5, 5.41) is 9.36. The van der Waals surface area contributed by atoms with Crippen molar-refractivity contribution in [3.8, 4) is 0 Å². The quantitative estimate of drug-likeness (QED) is 0.635. The molecular weight excluding hydrogens is 216 g/mol. The van der Waals surface area contributed by atoms with Crippen LogP contribution in [0, 0.1) is 0 Å². The van der Waals surface area contributed by atoms with Crippen LogP contribution in [0.2, 0.25) is 5.02 Å². The van der Waals surface area contributed by atoms with Crippen molar-refractivity contribution >= 4 is 29.6 Å². The highest BCUT2D eigenvalue weighted by Gasteiger charge is 2.08. The third-order valence-electron chi connectivity index (χ3n) is 1.62. The van der Waals surface area contributed by atoms with Crippen molar-refractivity contribution in [3.63, 3.8) is 0 Å². The van der Waals surface area contributed by atoms with Crippen molar-refractivity contribution in [1.29, 1.82) is 0 Å². The average molecular weight is 227 g/mol. The Balaban J connectivity index is 3.13. The number of halogens is 1. The molecule has 0 radical (unpaired) electrons. The van der Waals surface area contributed by atoms with Crippen molar-refractivity contribution in [1.82, 2.24) is 4.90 Å². The predicted octanol–water partition coefficient (Wildman–Crippen LogP) is 2.26. The van der Waals surface area contributed by atoms with Crippen LogP contribution < -0.4 is 0 Å². The maximum absolute atomic E-state index is 10.8. The van der Waals surface area contributed by atoms with Gasteiger partial charge >= 0.3 is 5.97 Å². The minimum atomic E-state index is -1.02. The molecule has 0 atom stereocenters. The molecule has 80 valence electrons. The molecule has 0 bridgehead atoms. The molecule has 0 aromatic heterocycles. The van der Waals surface area contributed by atoms with Crippen LogP contribution in [-0.4, -0.2) is 36.4 Å². The largest absolute Gasteiger partial charge is 0.478 e. The van der Waals surface area contributed by atoms with Gasteiger partial charge in [-0.25, -0.2) is 9.79 Å². The van der Waals surface area contributed by atoms with Crippen LogP contribution in [0.15, 0.2) is 23.2 Å². The highest BCUT2D eigenvalue weighted by molar-refractivity contribution is 6.31. The van der Waals surface area contributed by atoms with E-state index in [2.05, 4.69) is 4.99 Å². The monoisotopic (exact) mass is 226 g/mol. The minimum absolute atomic E-state index is 0.137. The van der Waals surface area contributed by atoms with Crippen molar-refractivity contribution in [2.75, 3.05) is 14.1 Å². The van der Waals surface area contributed by atoms with Gasteiger partial charge in [-0.1, -0.05) is 11.6 Å². The average Bonchev–Trinajstić information content (AvgIpc) is 2.14. The van der Waals surface area contributed by atoms with E-state index < -0.39 is 5.97 Å². The summed E-state index contributed by atoms with van der Waals surface area (Å²) >= 11 is 5.76. The highest BCUT2D eigenvalue weighted by atomic mass is 35.5. The zero-order valence-corrected chi connectivity index (χ0v) is 9.19. The fraction of sp³-hybridized carbons (Fsp3) is 0.200. The number of nitrogens with zero attached hydrogens (tertiary/aromatic N) is 2. The van der Waals surface area contributed by atoms with Gasteiger partial charge in [0.25, 0.3) is 0 Å². The number of carboxylic acids is 1. The van der Waals surface area contributed by atoms with Crippen LogP contribution in [0.1, 0.15) is 10.4 Å². The molecule has 0 aliphatic rings. The van der Waals surface area contributed by atoms with Gasteiger partial charge in [-0.05, 0) is 18.2 Å². The van der Waals surface area contributed by atoms with Crippen LogP contribution in [0.3, 0.4) is 0 Å². The van der Waals surface area contributed by atoms with Gasteiger partial charge in [-0.3, -0.25) is 0 Å². The third-order valence-corrected chi connectivity index (χ3v) is 1.85. The van der Waals surface area contributed by atoms with Crippen LogP contribution in [0.5, 0.6) is 0 Å². The Labute approximate surface area is 92.8 Å². The lowest BCUT2D eigenvalue weighted by Gasteiger charge is -2.04. The summed E-state index contributed by atoms with van der Waals surface area (Å²) in [5.41, 5.74) is 0.487. The number of hydrogen-bond donors (Lipinski definition) is 1. The van der Waals surface area contributed by atoms with E-state index in [-0.39, 0.29) is 5.56 Å². The van der Waals surface area contributed by atoms with E-state index in [9.17, 15) is 4.79 Å². The first-order valence-electron chi connectivity index (χ1n) is 4.24. The second kappa shape index (κ2) is 4.79. The number of benzene rings is 1. The molecule has 0 unspecified atom stereocenters. The summed E-state index contributed by atoms with van der Waals surface area (Å²) in [4.78, 5) is 16.6. The molecule has 1 aromatic rings. The molecule has 0 fully saturated rings. The normalized spacial score (nSPS) is 10.6. The van der Waals surface area contributed by atoms with Gasteiger partial charge < -0.3 is 10.0 Å². The van der Waals surface area contributed by atoms with Gasteiger partial charge in [0.1, 0.15) is 0 Å². The summed E-state index contributed by atoms with van der Waals surface area (Å²) in [7, 11) is 3.60. The van der Waals surface area contributed by atoms with E-state index in [0.717, 1.165) is 0 Å². The zero-order chi connectivity index (χ0) is 11.4. The van der Waals surface area contributed by atoms with Crippen LogP contribution in [0.4, 0.5) is 5.69 Å². The van der Waals surface area contributed by atoms with Crippen LogP contribution >= 0.6 is 11.6 Å². The molecule has 0 saturated heterocycles. The first-order chi connectivity index (χ1) is 7.00. The Kier molecular flexibility index (Phi) is 3.68. The van der Waals surface area contributed by atoms with Gasteiger partial charge in [0.15, 0.2) is 0 Å². The Morgan fingerprint density at radius 3 is 2.73 bits per heavy atom. The molecular formula is C10H11ClN2O2. The second-order valence-electron chi connectivity index (χ2n) is 3.17. The number of carbonyl (C=O) groups is 1. The van der Waals surface area contributed by atoms with Crippen molar-refractivity contribution < 1.29 is 9.90 Å². The van der Waals surface area contributed by atoms with Gasteiger partial charge in [0.05, 0.1) is 17.6 Å². The molecule has 1 aromatic carbocycles. The molecule has 0 aliphatic carbocycles. The second-order valence-corrected chi connectivity index (χ2v) is 3.61. The molecule has 5 heteroatoms. The number of aliphatic imine (C=N–C) groups is 1. The van der Waals surface area contributed by atoms with Gasteiger partial charge in [-0.2, -0.15) is 0 Å². The molecule has 15 heavy (non-hydrogen) atoms. The first-order valence-corrected chi connectivity index (χ1v) is 4.62. The molecule has 1 N–H and O–H groups in total. The summed E-state index contributed by atoms with van der Waals surface area (Å²) in [5.74, 6) is -1.02. The Hall–Kier alpha value is -1.55. The van der Waals surface area contributed by atoms with E-state index in [1.807, 2.05) is 0 Å². The molecule has 0 spiro atoms. The highest BCUT2D eigenvalue weighted by Crippen LogP contribution is 2.23. The Bertz CT molecular complexity index is 402. The maximum atomic E-state index is 10.8. The fourth-order valence-electron chi connectivity index (χ4n) is 0.970. The van der Waals surface area contributed by atoms with E-state index in [1.54, 1.807) is 19.0 Å². The van der Waals surface area contributed by atoms with E-state index >= 15 is 0 Å². The molecule has 4 nitrogen and oxygen atoms in total. The maximum Gasteiger partial charge on any atom is 0.337 e. The number of aromatic carboxylic acids is 1. The number of carboxylic acid groups (broad SMARTS) is 1. The lowest BCUT2D eigenvalue weighted by molar-refractivity contribution is 0.0698. The summed E-state index contributed by atoms with van der Waals surface area (Å²) in [6.45, 7) is 0. The lowest BCUT2D eigenvalue weighted by Crippen LogP contribution is -2.07. The minimum Gasteiger partial charge on any atom is -0.478 e. The van der Waals surface area contributed by atoms with Gasteiger partial charge in [0, 0.05) is 19.1 Å². The lowest BCUT2D eigenvalue weighted by atomic mass is 10.2. The van der Waals surface area contributed by atoms with Gasteiger partial charge in [-0.15, -0.1) is 0 Å². The SMILES string of the molecule is CN(C)C=Nc1cc(Cl)ccc1C(=O)O. The van der Waals surface area contributed by atoms with Crippen molar-refractivity contribution in [2.24, 2.45) is 4.99 Å². The first kappa shape index (κ1) is 11.5. The van der Waals surface area contributed by atoms with E-state index in [1.165, 1.54) is 24.5 Å². The van der Waals surface area contributed by atoms with Crippen molar-refractivity contribution in [2.45, 2.75) is 0 Å². The number of rotatable bonds is 3. The van der Waals surface area contributed by atoms with Gasteiger partial charge in [0.2, 0.25) is 0 Å². The molecule has 0 heterocycles. The Morgan fingerprint density at radius 1 is 1.53 bits per heavy atom. The van der Waals surface area contributed by atoms with Crippen molar-refractivity contribution in [3.05, 3.63) is 28.8 Å². The standard InChI is InChI=1S/C10H11ClN2O2/c1-13(2)6-12-9-5-7(11)3-4-8(9)10(14)15/h3-6H,1-2H3,(H,14,15). The smallest absolute Gasteiger partial charge is 0.337 e. The van der Waals surface area contributed by atoms with Crippen LogP contribution in [-0.2, 0) is 0 Å². The van der Waals surface area contributed by atoms with E-state index in [4.69, 9.17) is 16.7 Å². The predicted molar refractivity (Wildman–Crippen MR) is 60.3 cm³/mol. The Morgan fingerprint density at radius 2 is 2.20 bits per heavy atom. The zero-order valence-electron chi connectivity index (χ0n) is 8.44. The molecule has 0 amide bonds. The third kappa shape index (κ3) is 3.25. The fourth-order valence-corrected chi connectivity index (χ4v) is 1.14. The summed E-state index contributed by atoms with van der Waals surface area (Å²) in [6.07, 6.45) is 1.53.